The number of methoxy groups -OCH3 is 1. The highest BCUT2D eigenvalue weighted by atomic mass is 16.5. The summed E-state index contributed by atoms with van der Waals surface area (Å²) in [5.41, 5.74) is 1.01. The van der Waals surface area contributed by atoms with Gasteiger partial charge in [0.2, 0.25) is 0 Å². The Morgan fingerprint density at radius 3 is 2.52 bits per heavy atom. The smallest absolute Gasteiger partial charge is 0.315 e. The molecule has 1 aromatic heterocycles. The molecule has 0 saturated heterocycles. The lowest BCUT2D eigenvalue weighted by atomic mass is 10.2. The Morgan fingerprint density at radius 2 is 1.95 bits per heavy atom. The zero-order chi connectivity index (χ0) is 15.2. The standard InChI is InChI=1S/C16H20N2O3/c1-11-4-9-15(21-11)12(2)18-16(19)17-10-13-5-7-14(20-3)8-6-13/h4-9,12H,10H2,1-3H3,(H2,17,18,19). The lowest BCUT2D eigenvalue weighted by molar-refractivity contribution is 0.235. The first-order chi connectivity index (χ1) is 10.1. The largest absolute Gasteiger partial charge is 0.497 e. The molecule has 2 rings (SSSR count). The highest BCUT2D eigenvalue weighted by Gasteiger charge is 2.12. The maximum Gasteiger partial charge on any atom is 0.315 e. The quantitative estimate of drug-likeness (QED) is 0.888. The molecule has 1 atom stereocenters. The lowest BCUT2D eigenvalue weighted by Crippen LogP contribution is -2.36. The molecule has 21 heavy (non-hydrogen) atoms. The van der Waals surface area contributed by atoms with E-state index in [0.717, 1.165) is 22.8 Å². The van der Waals surface area contributed by atoms with Crippen molar-refractivity contribution >= 4 is 6.03 Å². The SMILES string of the molecule is COc1ccc(CNC(=O)NC(C)c2ccc(C)o2)cc1. The first kappa shape index (κ1) is 15.0. The zero-order valence-corrected chi connectivity index (χ0v) is 12.5. The second-order valence-electron chi connectivity index (χ2n) is 4.85. The summed E-state index contributed by atoms with van der Waals surface area (Å²) in [7, 11) is 1.62. The Morgan fingerprint density at radius 1 is 1.24 bits per heavy atom. The van der Waals surface area contributed by atoms with Gasteiger partial charge in [-0.2, -0.15) is 0 Å². The third kappa shape index (κ3) is 4.27. The Hall–Kier alpha value is -2.43. The molecule has 2 aromatic rings. The van der Waals surface area contributed by atoms with Gasteiger partial charge in [0.25, 0.3) is 0 Å². The van der Waals surface area contributed by atoms with Gasteiger partial charge in [-0.1, -0.05) is 12.1 Å². The number of hydrogen-bond donors (Lipinski definition) is 2. The molecule has 2 N–H and O–H groups in total. The van der Waals surface area contributed by atoms with Crippen molar-refractivity contribution in [3.8, 4) is 5.75 Å². The number of urea groups is 1. The van der Waals surface area contributed by atoms with Crippen molar-refractivity contribution in [2.24, 2.45) is 0 Å². The van der Waals surface area contributed by atoms with Gasteiger partial charge in [-0.25, -0.2) is 4.79 Å². The van der Waals surface area contributed by atoms with Crippen LogP contribution >= 0.6 is 0 Å². The van der Waals surface area contributed by atoms with E-state index in [2.05, 4.69) is 10.6 Å². The summed E-state index contributed by atoms with van der Waals surface area (Å²) in [6, 6.07) is 10.9. The molecule has 0 aliphatic heterocycles. The highest BCUT2D eigenvalue weighted by Crippen LogP contribution is 2.15. The van der Waals surface area contributed by atoms with Crippen LogP contribution in [0.3, 0.4) is 0 Å². The van der Waals surface area contributed by atoms with Crippen molar-refractivity contribution in [1.82, 2.24) is 10.6 Å². The predicted molar refractivity (Wildman–Crippen MR) is 80.2 cm³/mol. The van der Waals surface area contributed by atoms with E-state index in [4.69, 9.17) is 9.15 Å². The molecule has 0 fully saturated rings. The van der Waals surface area contributed by atoms with Gasteiger partial charge in [0.15, 0.2) is 0 Å². The van der Waals surface area contributed by atoms with Crippen LogP contribution in [-0.2, 0) is 6.54 Å². The van der Waals surface area contributed by atoms with Crippen molar-refractivity contribution in [2.75, 3.05) is 7.11 Å². The minimum Gasteiger partial charge on any atom is -0.497 e. The molecule has 1 unspecified atom stereocenters. The fourth-order valence-corrected chi connectivity index (χ4v) is 1.93. The first-order valence-electron chi connectivity index (χ1n) is 6.82. The monoisotopic (exact) mass is 288 g/mol. The summed E-state index contributed by atoms with van der Waals surface area (Å²) in [4.78, 5) is 11.8. The first-order valence-corrected chi connectivity index (χ1v) is 6.82. The maximum atomic E-state index is 11.8. The van der Waals surface area contributed by atoms with Crippen molar-refractivity contribution < 1.29 is 13.9 Å². The zero-order valence-electron chi connectivity index (χ0n) is 12.5. The van der Waals surface area contributed by atoms with Crippen LogP contribution in [0.5, 0.6) is 5.75 Å². The van der Waals surface area contributed by atoms with Gasteiger partial charge in [-0.15, -0.1) is 0 Å². The second-order valence-corrected chi connectivity index (χ2v) is 4.85. The highest BCUT2D eigenvalue weighted by molar-refractivity contribution is 5.74. The molecule has 1 aromatic carbocycles. The van der Waals surface area contributed by atoms with Crippen molar-refractivity contribution in [1.29, 1.82) is 0 Å². The lowest BCUT2D eigenvalue weighted by Gasteiger charge is -2.12. The number of benzene rings is 1. The molecule has 0 radical (unpaired) electrons. The van der Waals surface area contributed by atoms with Crippen LogP contribution in [0, 0.1) is 6.92 Å². The normalized spacial score (nSPS) is 11.8. The molecular weight excluding hydrogens is 268 g/mol. The number of hydrogen-bond acceptors (Lipinski definition) is 3. The predicted octanol–water partition coefficient (Wildman–Crippen LogP) is 3.16. The Labute approximate surface area is 124 Å². The number of ether oxygens (including phenoxy) is 1. The number of rotatable bonds is 5. The molecule has 0 saturated carbocycles. The van der Waals surface area contributed by atoms with Crippen LogP contribution in [0.15, 0.2) is 40.8 Å². The van der Waals surface area contributed by atoms with Crippen LogP contribution in [-0.4, -0.2) is 13.1 Å². The summed E-state index contributed by atoms with van der Waals surface area (Å²) in [6.45, 7) is 4.21. The number of nitrogens with one attached hydrogen (secondary N) is 2. The van der Waals surface area contributed by atoms with Gasteiger partial charge in [-0.05, 0) is 43.7 Å². The van der Waals surface area contributed by atoms with Crippen molar-refractivity contribution in [3.63, 3.8) is 0 Å². The molecule has 2 amide bonds. The third-order valence-electron chi connectivity index (χ3n) is 3.15. The molecule has 0 spiro atoms. The van der Waals surface area contributed by atoms with E-state index in [1.54, 1.807) is 7.11 Å². The molecule has 0 bridgehead atoms. The topological polar surface area (TPSA) is 63.5 Å². The molecule has 112 valence electrons. The number of furan rings is 1. The number of aryl methyl sites for hydroxylation is 1. The van der Waals surface area contributed by atoms with Crippen molar-refractivity contribution in [3.05, 3.63) is 53.5 Å². The summed E-state index contributed by atoms with van der Waals surface area (Å²) in [5.74, 6) is 2.37. The number of carbonyl (C=O) groups is 1. The van der Waals surface area contributed by atoms with E-state index in [1.165, 1.54) is 0 Å². The van der Waals surface area contributed by atoms with Gasteiger partial charge >= 0.3 is 6.03 Å². The van der Waals surface area contributed by atoms with E-state index in [1.807, 2.05) is 50.2 Å². The van der Waals surface area contributed by atoms with Gasteiger partial charge in [0.1, 0.15) is 17.3 Å². The van der Waals surface area contributed by atoms with E-state index in [-0.39, 0.29) is 12.1 Å². The molecular formula is C16H20N2O3. The molecule has 0 aliphatic carbocycles. The fourth-order valence-electron chi connectivity index (χ4n) is 1.93. The van der Waals surface area contributed by atoms with Crippen LogP contribution in [0.4, 0.5) is 4.79 Å². The van der Waals surface area contributed by atoms with Crippen LogP contribution in [0.2, 0.25) is 0 Å². The van der Waals surface area contributed by atoms with E-state index in [9.17, 15) is 4.79 Å². The average Bonchev–Trinajstić information content (AvgIpc) is 2.92. The maximum absolute atomic E-state index is 11.8. The summed E-state index contributed by atoms with van der Waals surface area (Å²) >= 11 is 0. The summed E-state index contributed by atoms with van der Waals surface area (Å²) in [5, 5.41) is 5.65. The van der Waals surface area contributed by atoms with E-state index in [0.29, 0.717) is 6.54 Å². The number of carbonyl (C=O) groups excluding carboxylic acids is 1. The van der Waals surface area contributed by atoms with Crippen LogP contribution in [0.25, 0.3) is 0 Å². The minimum absolute atomic E-state index is 0.172. The fraction of sp³-hybridized carbons (Fsp3) is 0.312. The summed E-state index contributed by atoms with van der Waals surface area (Å²) < 4.78 is 10.6. The van der Waals surface area contributed by atoms with E-state index >= 15 is 0 Å². The number of amides is 2. The van der Waals surface area contributed by atoms with Gasteiger partial charge < -0.3 is 19.8 Å². The summed E-state index contributed by atoms with van der Waals surface area (Å²) in [6.07, 6.45) is 0. The second kappa shape index (κ2) is 6.83. The third-order valence-corrected chi connectivity index (χ3v) is 3.15. The van der Waals surface area contributed by atoms with E-state index < -0.39 is 0 Å². The minimum atomic E-state index is -0.229. The molecule has 5 heteroatoms. The van der Waals surface area contributed by atoms with Crippen molar-refractivity contribution in [2.45, 2.75) is 26.4 Å². The van der Waals surface area contributed by atoms with Gasteiger partial charge in [-0.3, -0.25) is 0 Å². The van der Waals surface area contributed by atoms with Gasteiger partial charge in [0.05, 0.1) is 13.2 Å². The van der Waals surface area contributed by atoms with Crippen LogP contribution < -0.4 is 15.4 Å². The molecule has 1 heterocycles. The molecule has 0 aliphatic rings. The Bertz CT molecular complexity index is 590. The van der Waals surface area contributed by atoms with Gasteiger partial charge in [0, 0.05) is 6.54 Å². The average molecular weight is 288 g/mol. The molecule has 5 nitrogen and oxygen atoms in total. The van der Waals surface area contributed by atoms with Crippen LogP contribution in [0.1, 0.15) is 30.0 Å². The Kier molecular flexibility index (Phi) is 4.87. The Balaban J connectivity index is 1.81.